The van der Waals surface area contributed by atoms with E-state index in [1.165, 1.54) is 24.8 Å². The summed E-state index contributed by atoms with van der Waals surface area (Å²) in [6.07, 6.45) is 7.83. The maximum Gasteiger partial charge on any atom is 0.265 e. The fourth-order valence-electron chi connectivity index (χ4n) is 3.99. The number of likely N-dealkylation sites (tertiary alicyclic amines) is 1. The Morgan fingerprint density at radius 1 is 1.13 bits per heavy atom. The van der Waals surface area contributed by atoms with Gasteiger partial charge in [0.2, 0.25) is 5.91 Å². The number of carbonyl (C=O) groups is 3. The van der Waals surface area contributed by atoms with Crippen LogP contribution >= 0.6 is 12.2 Å². The summed E-state index contributed by atoms with van der Waals surface area (Å²) in [6.45, 7) is 1.83. The van der Waals surface area contributed by atoms with Crippen molar-refractivity contribution in [2.75, 3.05) is 20.1 Å². The number of nitrogens with one attached hydrogen (secondary N) is 1. The molecule has 2 aromatic rings. The molecule has 0 saturated carbocycles. The number of amides is 3. The zero-order valence-electron chi connectivity index (χ0n) is 16.9. The Morgan fingerprint density at radius 2 is 1.83 bits per heavy atom. The fraction of sp³-hybridized carbons (Fsp3) is 0.364. The third-order valence-corrected chi connectivity index (χ3v) is 6.06. The van der Waals surface area contributed by atoms with Gasteiger partial charge in [0.05, 0.1) is 0 Å². The molecule has 0 aliphatic carbocycles. The van der Waals surface area contributed by atoms with Gasteiger partial charge in [-0.25, -0.2) is 0 Å². The van der Waals surface area contributed by atoms with Crippen LogP contribution in [0.5, 0.6) is 0 Å². The molecule has 2 saturated heterocycles. The summed E-state index contributed by atoms with van der Waals surface area (Å²) in [5, 5.41) is 3.50. The maximum atomic E-state index is 12.9. The number of nitrogens with zero attached hydrogens (tertiary/aromatic N) is 3. The number of thiocarbonyl (C=S) groups is 1. The van der Waals surface area contributed by atoms with Gasteiger partial charge in [-0.2, -0.15) is 0 Å². The summed E-state index contributed by atoms with van der Waals surface area (Å²) < 4.78 is 1.90. The van der Waals surface area contributed by atoms with Crippen molar-refractivity contribution in [1.82, 2.24) is 19.7 Å². The van der Waals surface area contributed by atoms with Gasteiger partial charge in [-0.15, -0.1) is 0 Å². The summed E-state index contributed by atoms with van der Waals surface area (Å²) in [5.41, 5.74) is 1.63. The number of likely N-dealkylation sites (N-methyl/N-ethyl adjacent to an activating group) is 1. The largest absolute Gasteiger partial charge is 0.341 e. The summed E-state index contributed by atoms with van der Waals surface area (Å²) in [5.74, 6) is -0.866. The summed E-state index contributed by atoms with van der Waals surface area (Å²) in [6, 6.07) is 7.68. The maximum absolute atomic E-state index is 12.9. The molecule has 2 fully saturated rings. The summed E-state index contributed by atoms with van der Waals surface area (Å²) >= 11 is 5.00. The number of hydrogen-bond acceptors (Lipinski definition) is 4. The van der Waals surface area contributed by atoms with Crippen LogP contribution in [-0.2, 0) is 20.9 Å². The van der Waals surface area contributed by atoms with E-state index in [0.717, 1.165) is 36.8 Å². The molecule has 4 rings (SSSR count). The molecule has 0 bridgehead atoms. The van der Waals surface area contributed by atoms with Gasteiger partial charge in [-0.3, -0.25) is 24.6 Å². The quantitative estimate of drug-likeness (QED) is 0.466. The van der Waals surface area contributed by atoms with Crippen LogP contribution in [0.15, 0.2) is 36.0 Å². The SMILES string of the molecule is CN1C(=O)C(=Cc2cn(CC(=O)N3CCCCCC3)c3ccccc23)C(=O)NC1=S. The molecular formula is C22H24N4O3S. The molecule has 3 heterocycles. The van der Waals surface area contributed by atoms with Crippen LogP contribution in [0.1, 0.15) is 31.2 Å². The van der Waals surface area contributed by atoms with Crippen molar-refractivity contribution >= 4 is 52.0 Å². The van der Waals surface area contributed by atoms with Crippen molar-refractivity contribution < 1.29 is 14.4 Å². The molecule has 0 unspecified atom stereocenters. The molecule has 7 nitrogen and oxygen atoms in total. The van der Waals surface area contributed by atoms with E-state index in [1.54, 1.807) is 6.08 Å². The van der Waals surface area contributed by atoms with Crippen LogP contribution in [0, 0.1) is 0 Å². The van der Waals surface area contributed by atoms with Gasteiger partial charge in [-0.05, 0) is 37.2 Å². The Kier molecular flexibility index (Phi) is 5.67. The Balaban J connectivity index is 1.67. The number of aromatic nitrogens is 1. The van der Waals surface area contributed by atoms with Crippen molar-refractivity contribution in [3.63, 3.8) is 0 Å². The molecular weight excluding hydrogens is 400 g/mol. The number of fused-ring (bicyclic) bond motifs is 1. The van der Waals surface area contributed by atoms with E-state index in [9.17, 15) is 14.4 Å². The lowest BCUT2D eigenvalue weighted by Gasteiger charge is -2.24. The standard InChI is InChI=1S/C22H24N4O3S/c1-24-21(29)17(20(28)23-22(24)30)12-15-13-26(18-9-5-4-8-16(15)18)14-19(27)25-10-6-2-3-7-11-25/h4-5,8-9,12-13H,2-3,6-7,10-11,14H2,1H3,(H,23,28,30). The van der Waals surface area contributed by atoms with E-state index in [0.29, 0.717) is 5.56 Å². The van der Waals surface area contributed by atoms with Crippen LogP contribution in [0.4, 0.5) is 0 Å². The highest BCUT2D eigenvalue weighted by Gasteiger charge is 2.31. The van der Waals surface area contributed by atoms with Crippen molar-refractivity contribution in [3.05, 3.63) is 41.6 Å². The van der Waals surface area contributed by atoms with Crippen molar-refractivity contribution in [1.29, 1.82) is 0 Å². The first-order valence-electron chi connectivity index (χ1n) is 10.2. The van der Waals surface area contributed by atoms with Crippen LogP contribution in [0.2, 0.25) is 0 Å². The highest BCUT2D eigenvalue weighted by atomic mass is 32.1. The molecule has 1 aromatic heterocycles. The Bertz CT molecular complexity index is 1060. The van der Waals surface area contributed by atoms with E-state index in [2.05, 4.69) is 5.32 Å². The molecule has 3 amide bonds. The first kappa shape index (κ1) is 20.3. The smallest absolute Gasteiger partial charge is 0.265 e. The van der Waals surface area contributed by atoms with Gasteiger partial charge in [0.1, 0.15) is 12.1 Å². The molecule has 0 spiro atoms. The minimum absolute atomic E-state index is 0.0212. The highest BCUT2D eigenvalue weighted by molar-refractivity contribution is 7.80. The van der Waals surface area contributed by atoms with Gasteiger partial charge in [0, 0.05) is 42.8 Å². The van der Waals surface area contributed by atoms with E-state index in [-0.39, 0.29) is 23.1 Å². The number of benzene rings is 1. The van der Waals surface area contributed by atoms with Gasteiger partial charge in [0.25, 0.3) is 11.8 Å². The van der Waals surface area contributed by atoms with E-state index in [1.807, 2.05) is 39.9 Å². The number of hydrogen-bond donors (Lipinski definition) is 1. The zero-order chi connectivity index (χ0) is 21.3. The average molecular weight is 425 g/mol. The first-order chi connectivity index (χ1) is 14.5. The van der Waals surface area contributed by atoms with Crippen LogP contribution < -0.4 is 5.32 Å². The molecule has 1 N–H and O–H groups in total. The minimum atomic E-state index is -0.513. The molecule has 30 heavy (non-hydrogen) atoms. The average Bonchev–Trinajstić information content (AvgIpc) is 2.91. The number of rotatable bonds is 3. The lowest BCUT2D eigenvalue weighted by Crippen LogP contribution is -2.52. The summed E-state index contributed by atoms with van der Waals surface area (Å²) in [4.78, 5) is 41.0. The third-order valence-electron chi connectivity index (χ3n) is 5.69. The van der Waals surface area contributed by atoms with Crippen LogP contribution in [-0.4, -0.2) is 57.3 Å². The van der Waals surface area contributed by atoms with Gasteiger partial charge in [-0.1, -0.05) is 31.0 Å². The van der Waals surface area contributed by atoms with Crippen LogP contribution in [0.3, 0.4) is 0 Å². The van der Waals surface area contributed by atoms with Crippen molar-refractivity contribution in [3.8, 4) is 0 Å². The van der Waals surface area contributed by atoms with Crippen molar-refractivity contribution in [2.24, 2.45) is 0 Å². The lowest BCUT2D eigenvalue weighted by atomic mass is 10.1. The van der Waals surface area contributed by atoms with Crippen molar-refractivity contribution in [2.45, 2.75) is 32.2 Å². The predicted molar refractivity (Wildman–Crippen MR) is 118 cm³/mol. The molecule has 156 valence electrons. The second-order valence-electron chi connectivity index (χ2n) is 7.71. The van der Waals surface area contributed by atoms with Gasteiger partial charge >= 0.3 is 0 Å². The second-order valence-corrected chi connectivity index (χ2v) is 8.09. The fourth-order valence-corrected chi connectivity index (χ4v) is 4.16. The highest BCUT2D eigenvalue weighted by Crippen LogP contribution is 2.25. The monoisotopic (exact) mass is 424 g/mol. The van der Waals surface area contributed by atoms with E-state index >= 15 is 0 Å². The zero-order valence-corrected chi connectivity index (χ0v) is 17.7. The molecule has 0 radical (unpaired) electrons. The van der Waals surface area contributed by atoms with Crippen LogP contribution in [0.25, 0.3) is 17.0 Å². The Labute approximate surface area is 180 Å². The molecule has 0 atom stereocenters. The van der Waals surface area contributed by atoms with Gasteiger partial charge < -0.3 is 9.47 Å². The Morgan fingerprint density at radius 3 is 2.57 bits per heavy atom. The third kappa shape index (κ3) is 3.87. The first-order valence-corrected chi connectivity index (χ1v) is 10.6. The lowest BCUT2D eigenvalue weighted by molar-refractivity contribution is -0.132. The van der Waals surface area contributed by atoms with E-state index in [4.69, 9.17) is 12.2 Å². The minimum Gasteiger partial charge on any atom is -0.341 e. The molecule has 2 aliphatic rings. The second kappa shape index (κ2) is 8.39. The molecule has 8 heteroatoms. The summed E-state index contributed by atoms with van der Waals surface area (Å²) in [7, 11) is 1.53. The number of carbonyl (C=O) groups excluding carboxylic acids is 3. The predicted octanol–water partition coefficient (Wildman–Crippen LogP) is 2.30. The van der Waals surface area contributed by atoms with E-state index < -0.39 is 11.8 Å². The Hall–Kier alpha value is -3.00. The number of para-hydroxylation sites is 1. The van der Waals surface area contributed by atoms with Gasteiger partial charge in [0.15, 0.2) is 5.11 Å². The normalized spacial score (nSPS) is 19.4. The molecule has 1 aromatic carbocycles. The topological polar surface area (TPSA) is 74.7 Å². The molecule has 2 aliphatic heterocycles.